The van der Waals surface area contributed by atoms with Crippen molar-refractivity contribution in [3.8, 4) is 17.0 Å². The second kappa shape index (κ2) is 4.85. The first-order chi connectivity index (χ1) is 9.68. The molecule has 0 aliphatic rings. The zero-order valence-electron chi connectivity index (χ0n) is 11.5. The van der Waals surface area contributed by atoms with Gasteiger partial charge >= 0.3 is 0 Å². The van der Waals surface area contributed by atoms with Crippen LogP contribution in [0.15, 0.2) is 59.3 Å². The summed E-state index contributed by atoms with van der Waals surface area (Å²) in [5.41, 5.74) is 3.51. The van der Waals surface area contributed by atoms with Crippen molar-refractivity contribution in [2.24, 2.45) is 0 Å². The van der Waals surface area contributed by atoms with Crippen molar-refractivity contribution < 1.29 is 9.21 Å². The molecule has 3 rings (SSSR count). The number of nitrogens with zero attached hydrogens (tertiary/aromatic N) is 1. The fraction of sp³-hybridized carbons (Fsp3) is 0.118. The smallest absolute Gasteiger partial charge is 0.162 e. The molecule has 0 aliphatic carbocycles. The number of Topliss-reactive ketones (excluding diaryl/α,β-unsaturated/α-hetero) is 1. The first-order valence-corrected chi connectivity index (χ1v) is 6.50. The minimum absolute atomic E-state index is 0.0450. The second-order valence-corrected chi connectivity index (χ2v) is 4.74. The van der Waals surface area contributed by atoms with E-state index in [-0.39, 0.29) is 5.78 Å². The van der Waals surface area contributed by atoms with Gasteiger partial charge in [-0.05, 0) is 38.1 Å². The van der Waals surface area contributed by atoms with E-state index < -0.39 is 0 Å². The molecule has 3 heteroatoms. The molecule has 0 saturated carbocycles. The van der Waals surface area contributed by atoms with Gasteiger partial charge in [0.25, 0.3) is 0 Å². The van der Waals surface area contributed by atoms with Crippen LogP contribution in [0.25, 0.3) is 17.0 Å². The maximum atomic E-state index is 12.0. The molecule has 0 radical (unpaired) electrons. The van der Waals surface area contributed by atoms with Crippen molar-refractivity contribution in [2.45, 2.75) is 13.8 Å². The number of hydrogen-bond acceptors (Lipinski definition) is 2. The van der Waals surface area contributed by atoms with Gasteiger partial charge in [0.2, 0.25) is 0 Å². The summed E-state index contributed by atoms with van der Waals surface area (Å²) in [6.45, 7) is 3.54. The minimum Gasteiger partial charge on any atom is -0.464 e. The molecule has 2 heterocycles. The molecule has 2 aromatic heterocycles. The van der Waals surface area contributed by atoms with E-state index in [0.29, 0.717) is 11.3 Å². The molecule has 0 unspecified atom stereocenters. The van der Waals surface area contributed by atoms with Gasteiger partial charge in [0.15, 0.2) is 5.78 Å². The Bertz CT molecular complexity index is 737. The zero-order chi connectivity index (χ0) is 14.1. The van der Waals surface area contributed by atoms with E-state index in [4.69, 9.17) is 4.42 Å². The van der Waals surface area contributed by atoms with Gasteiger partial charge in [-0.2, -0.15) is 0 Å². The molecule has 3 aromatic rings. The van der Waals surface area contributed by atoms with Gasteiger partial charge in [-0.15, -0.1) is 0 Å². The molecule has 0 fully saturated rings. The number of carbonyl (C=O) groups excluding carboxylic acids is 1. The van der Waals surface area contributed by atoms with Crippen molar-refractivity contribution in [3.05, 3.63) is 66.2 Å². The molecule has 0 atom stereocenters. The SMILES string of the molecule is CC(=O)c1c(-c2ccco2)cn(-c2ccccc2)c1C. The topological polar surface area (TPSA) is 35.1 Å². The zero-order valence-corrected chi connectivity index (χ0v) is 11.5. The summed E-state index contributed by atoms with van der Waals surface area (Å²) in [6.07, 6.45) is 3.58. The number of carbonyl (C=O) groups is 1. The standard InChI is InChI=1S/C17H15NO2/c1-12-17(13(2)19)15(16-9-6-10-20-16)11-18(12)14-7-4-3-5-8-14/h3-11H,1-2H3. The van der Waals surface area contributed by atoms with Crippen LogP contribution in [0.3, 0.4) is 0 Å². The van der Waals surface area contributed by atoms with Gasteiger partial charge in [-0.3, -0.25) is 4.79 Å². The summed E-state index contributed by atoms with van der Waals surface area (Å²) in [4.78, 5) is 12.0. The minimum atomic E-state index is 0.0450. The van der Waals surface area contributed by atoms with Crippen LogP contribution in [-0.4, -0.2) is 10.4 Å². The maximum Gasteiger partial charge on any atom is 0.162 e. The van der Waals surface area contributed by atoms with Crippen LogP contribution in [0.1, 0.15) is 23.0 Å². The molecule has 0 N–H and O–H groups in total. The quantitative estimate of drug-likeness (QED) is 0.664. The largest absolute Gasteiger partial charge is 0.464 e. The summed E-state index contributed by atoms with van der Waals surface area (Å²) in [5.74, 6) is 0.761. The van der Waals surface area contributed by atoms with E-state index in [9.17, 15) is 4.79 Å². The van der Waals surface area contributed by atoms with Crippen LogP contribution in [0, 0.1) is 6.92 Å². The predicted molar refractivity (Wildman–Crippen MR) is 78.2 cm³/mol. The van der Waals surface area contributed by atoms with Crippen molar-refractivity contribution in [3.63, 3.8) is 0 Å². The third-order valence-corrected chi connectivity index (χ3v) is 3.42. The number of ketones is 1. The molecule has 20 heavy (non-hydrogen) atoms. The van der Waals surface area contributed by atoms with E-state index in [0.717, 1.165) is 16.9 Å². The lowest BCUT2D eigenvalue weighted by Crippen LogP contribution is -1.99. The Morgan fingerprint density at radius 3 is 2.45 bits per heavy atom. The molecule has 0 saturated heterocycles. The van der Waals surface area contributed by atoms with Gasteiger partial charge in [-0.1, -0.05) is 18.2 Å². The molecule has 1 aromatic carbocycles. The first kappa shape index (κ1) is 12.5. The highest BCUT2D eigenvalue weighted by atomic mass is 16.3. The van der Waals surface area contributed by atoms with Crippen LogP contribution in [-0.2, 0) is 0 Å². The Morgan fingerprint density at radius 1 is 1.10 bits per heavy atom. The fourth-order valence-corrected chi connectivity index (χ4v) is 2.53. The molecule has 0 aliphatic heterocycles. The van der Waals surface area contributed by atoms with Gasteiger partial charge < -0.3 is 8.98 Å². The normalized spacial score (nSPS) is 10.7. The molecule has 3 nitrogen and oxygen atoms in total. The lowest BCUT2D eigenvalue weighted by atomic mass is 10.1. The lowest BCUT2D eigenvalue weighted by Gasteiger charge is -2.05. The number of furan rings is 1. The van der Waals surface area contributed by atoms with E-state index in [2.05, 4.69) is 0 Å². The van der Waals surface area contributed by atoms with E-state index in [1.807, 2.05) is 60.2 Å². The summed E-state index contributed by atoms with van der Waals surface area (Å²) in [5, 5.41) is 0. The number of para-hydroxylation sites is 1. The van der Waals surface area contributed by atoms with Gasteiger partial charge in [0.1, 0.15) is 5.76 Å². The highest BCUT2D eigenvalue weighted by molar-refractivity contribution is 6.01. The third-order valence-electron chi connectivity index (χ3n) is 3.42. The lowest BCUT2D eigenvalue weighted by molar-refractivity contribution is 0.101. The Morgan fingerprint density at radius 2 is 1.85 bits per heavy atom. The van der Waals surface area contributed by atoms with Crippen molar-refractivity contribution in [2.75, 3.05) is 0 Å². The average Bonchev–Trinajstić information content (AvgIpc) is 3.06. The van der Waals surface area contributed by atoms with E-state index in [1.54, 1.807) is 13.2 Å². The van der Waals surface area contributed by atoms with Crippen molar-refractivity contribution in [1.82, 2.24) is 4.57 Å². The Hall–Kier alpha value is -2.55. The number of aromatic nitrogens is 1. The number of benzene rings is 1. The molecule has 100 valence electrons. The highest BCUT2D eigenvalue weighted by Crippen LogP contribution is 2.30. The predicted octanol–water partition coefficient (Wildman–Crippen LogP) is 4.25. The Labute approximate surface area is 117 Å². The maximum absolute atomic E-state index is 12.0. The second-order valence-electron chi connectivity index (χ2n) is 4.74. The third kappa shape index (κ3) is 1.97. The Kier molecular flexibility index (Phi) is 3.03. The fourth-order valence-electron chi connectivity index (χ4n) is 2.53. The summed E-state index contributed by atoms with van der Waals surface area (Å²) >= 11 is 0. The van der Waals surface area contributed by atoms with Crippen LogP contribution in [0.4, 0.5) is 0 Å². The Balaban J connectivity index is 2.24. The van der Waals surface area contributed by atoms with Gasteiger partial charge in [0.05, 0.1) is 6.26 Å². The van der Waals surface area contributed by atoms with E-state index >= 15 is 0 Å². The molecular weight excluding hydrogens is 250 g/mol. The monoisotopic (exact) mass is 265 g/mol. The van der Waals surface area contributed by atoms with Gasteiger partial charge in [0, 0.05) is 28.7 Å². The first-order valence-electron chi connectivity index (χ1n) is 6.50. The molecular formula is C17H15NO2. The summed E-state index contributed by atoms with van der Waals surface area (Å²) < 4.78 is 7.47. The summed E-state index contributed by atoms with van der Waals surface area (Å²) in [6, 6.07) is 13.7. The van der Waals surface area contributed by atoms with Crippen LogP contribution >= 0.6 is 0 Å². The average molecular weight is 265 g/mol. The van der Waals surface area contributed by atoms with Crippen molar-refractivity contribution >= 4 is 5.78 Å². The molecule has 0 amide bonds. The number of rotatable bonds is 3. The highest BCUT2D eigenvalue weighted by Gasteiger charge is 2.19. The van der Waals surface area contributed by atoms with Crippen molar-refractivity contribution in [1.29, 1.82) is 0 Å². The van der Waals surface area contributed by atoms with Crippen LogP contribution < -0.4 is 0 Å². The molecule has 0 spiro atoms. The van der Waals surface area contributed by atoms with Crippen LogP contribution in [0.5, 0.6) is 0 Å². The summed E-state index contributed by atoms with van der Waals surface area (Å²) in [7, 11) is 0. The van der Waals surface area contributed by atoms with Crippen LogP contribution in [0.2, 0.25) is 0 Å². The van der Waals surface area contributed by atoms with Gasteiger partial charge in [-0.25, -0.2) is 0 Å². The van der Waals surface area contributed by atoms with E-state index in [1.165, 1.54) is 0 Å². The number of hydrogen-bond donors (Lipinski definition) is 0. The molecule has 0 bridgehead atoms.